The minimum absolute atomic E-state index is 0.144. The Balaban J connectivity index is 1.75. The molecule has 4 heteroatoms. The Morgan fingerprint density at radius 2 is 1.79 bits per heavy atom. The van der Waals surface area contributed by atoms with Gasteiger partial charge in [-0.1, -0.05) is 60.7 Å². The zero-order chi connectivity index (χ0) is 16.8. The van der Waals surface area contributed by atoms with Crippen LogP contribution in [0.1, 0.15) is 24.0 Å². The number of rotatable bonds is 6. The zero-order valence-electron chi connectivity index (χ0n) is 13.7. The van der Waals surface area contributed by atoms with Crippen molar-refractivity contribution in [3.8, 4) is 0 Å². The summed E-state index contributed by atoms with van der Waals surface area (Å²) in [6.45, 7) is 0.787. The van der Waals surface area contributed by atoms with E-state index < -0.39 is 5.60 Å². The van der Waals surface area contributed by atoms with Crippen molar-refractivity contribution >= 4 is 5.91 Å². The van der Waals surface area contributed by atoms with Crippen LogP contribution >= 0.6 is 0 Å². The van der Waals surface area contributed by atoms with Crippen LogP contribution in [-0.4, -0.2) is 30.3 Å². The van der Waals surface area contributed by atoms with Crippen molar-refractivity contribution in [2.75, 3.05) is 13.2 Å². The molecule has 4 nitrogen and oxygen atoms in total. The second-order valence-electron chi connectivity index (χ2n) is 6.28. The molecule has 2 aromatic rings. The Morgan fingerprint density at radius 1 is 1.12 bits per heavy atom. The van der Waals surface area contributed by atoms with Gasteiger partial charge in [-0.15, -0.1) is 0 Å². The van der Waals surface area contributed by atoms with E-state index in [4.69, 9.17) is 4.74 Å². The van der Waals surface area contributed by atoms with E-state index in [0.717, 1.165) is 24.0 Å². The van der Waals surface area contributed by atoms with E-state index in [1.807, 2.05) is 60.7 Å². The van der Waals surface area contributed by atoms with Crippen molar-refractivity contribution in [1.82, 2.24) is 5.32 Å². The first-order chi connectivity index (χ1) is 11.7. The molecule has 2 atom stereocenters. The van der Waals surface area contributed by atoms with Crippen LogP contribution in [0.2, 0.25) is 0 Å². The van der Waals surface area contributed by atoms with Crippen LogP contribution in [0.4, 0.5) is 0 Å². The van der Waals surface area contributed by atoms with Gasteiger partial charge in [0.05, 0.1) is 6.54 Å². The van der Waals surface area contributed by atoms with Gasteiger partial charge in [0, 0.05) is 13.0 Å². The molecule has 1 amide bonds. The summed E-state index contributed by atoms with van der Waals surface area (Å²) in [4.78, 5) is 12.2. The van der Waals surface area contributed by atoms with Gasteiger partial charge in [0.15, 0.2) is 0 Å². The van der Waals surface area contributed by atoms with Crippen LogP contribution in [-0.2, 0) is 21.6 Å². The van der Waals surface area contributed by atoms with Crippen molar-refractivity contribution in [3.05, 3.63) is 71.8 Å². The highest BCUT2D eigenvalue weighted by molar-refractivity contribution is 5.81. The highest BCUT2D eigenvalue weighted by Crippen LogP contribution is 2.25. The molecular weight excluding hydrogens is 302 g/mol. The number of aliphatic hydroxyl groups is 1. The van der Waals surface area contributed by atoms with Crippen molar-refractivity contribution in [3.63, 3.8) is 0 Å². The molecule has 24 heavy (non-hydrogen) atoms. The van der Waals surface area contributed by atoms with Crippen LogP contribution in [0.25, 0.3) is 0 Å². The minimum Gasteiger partial charge on any atom is -0.383 e. The summed E-state index contributed by atoms with van der Waals surface area (Å²) in [6.07, 6.45) is 1.70. The maximum absolute atomic E-state index is 12.2. The molecule has 126 valence electrons. The largest absolute Gasteiger partial charge is 0.383 e. The Kier molecular flexibility index (Phi) is 5.28. The van der Waals surface area contributed by atoms with Crippen LogP contribution in [0.3, 0.4) is 0 Å². The summed E-state index contributed by atoms with van der Waals surface area (Å²) in [6, 6.07) is 19.3. The SMILES string of the molecule is O=C(NC[C@@](O)(Cc1ccccc1)c1ccccc1)[C@H]1CCCO1. The van der Waals surface area contributed by atoms with Gasteiger partial charge in [0.25, 0.3) is 0 Å². The van der Waals surface area contributed by atoms with Gasteiger partial charge in [-0.2, -0.15) is 0 Å². The lowest BCUT2D eigenvalue weighted by molar-refractivity contribution is -0.131. The van der Waals surface area contributed by atoms with Gasteiger partial charge >= 0.3 is 0 Å². The average molecular weight is 325 g/mol. The van der Waals surface area contributed by atoms with E-state index in [1.54, 1.807) is 0 Å². The van der Waals surface area contributed by atoms with Gasteiger partial charge in [-0.05, 0) is 24.0 Å². The van der Waals surface area contributed by atoms with Crippen molar-refractivity contribution in [2.24, 2.45) is 0 Å². The van der Waals surface area contributed by atoms with Crippen molar-refractivity contribution in [2.45, 2.75) is 31.0 Å². The van der Waals surface area contributed by atoms with E-state index >= 15 is 0 Å². The average Bonchev–Trinajstić information content (AvgIpc) is 3.16. The lowest BCUT2D eigenvalue weighted by Gasteiger charge is -2.30. The summed E-state index contributed by atoms with van der Waals surface area (Å²) in [5.41, 5.74) is 0.661. The lowest BCUT2D eigenvalue weighted by Crippen LogP contribution is -2.45. The third kappa shape index (κ3) is 4.02. The maximum Gasteiger partial charge on any atom is 0.249 e. The first-order valence-electron chi connectivity index (χ1n) is 8.38. The summed E-state index contributed by atoms with van der Waals surface area (Å²) in [7, 11) is 0. The molecule has 1 saturated heterocycles. The molecule has 0 bridgehead atoms. The first-order valence-corrected chi connectivity index (χ1v) is 8.38. The first kappa shape index (κ1) is 16.7. The van der Waals surface area contributed by atoms with Crippen LogP contribution in [0, 0.1) is 0 Å². The Labute approximate surface area is 142 Å². The topological polar surface area (TPSA) is 58.6 Å². The molecule has 1 fully saturated rings. The normalized spacial score (nSPS) is 19.6. The van der Waals surface area contributed by atoms with E-state index in [2.05, 4.69) is 5.32 Å². The van der Waals surface area contributed by atoms with Gasteiger partial charge in [0.2, 0.25) is 5.91 Å². The fourth-order valence-electron chi connectivity index (χ4n) is 3.08. The summed E-state index contributed by atoms with van der Waals surface area (Å²) >= 11 is 0. The molecule has 1 heterocycles. The second-order valence-corrected chi connectivity index (χ2v) is 6.28. The van der Waals surface area contributed by atoms with E-state index in [1.165, 1.54) is 0 Å². The monoisotopic (exact) mass is 325 g/mol. The maximum atomic E-state index is 12.2. The van der Waals surface area contributed by atoms with E-state index in [9.17, 15) is 9.90 Å². The van der Waals surface area contributed by atoms with Gasteiger partial charge in [-0.3, -0.25) is 4.79 Å². The van der Waals surface area contributed by atoms with Crippen molar-refractivity contribution < 1.29 is 14.6 Å². The number of amides is 1. The zero-order valence-corrected chi connectivity index (χ0v) is 13.7. The quantitative estimate of drug-likeness (QED) is 0.857. The standard InChI is InChI=1S/C20H23NO3/c22-19(18-12-7-13-24-18)21-15-20(23,17-10-5-2-6-11-17)14-16-8-3-1-4-9-16/h1-6,8-11,18,23H,7,12-15H2,(H,21,22)/t18-,20+/m1/s1. The number of carbonyl (C=O) groups excluding carboxylic acids is 1. The number of ether oxygens (including phenoxy) is 1. The molecule has 2 N–H and O–H groups in total. The fourth-order valence-corrected chi connectivity index (χ4v) is 3.08. The lowest BCUT2D eigenvalue weighted by atomic mass is 9.87. The predicted octanol–water partition coefficient (Wildman–Crippen LogP) is 2.41. The molecule has 0 saturated carbocycles. The molecular formula is C20H23NO3. The van der Waals surface area contributed by atoms with E-state index in [0.29, 0.717) is 13.0 Å². The molecule has 0 unspecified atom stereocenters. The van der Waals surface area contributed by atoms with Crippen molar-refractivity contribution in [1.29, 1.82) is 0 Å². The molecule has 1 aliphatic rings. The van der Waals surface area contributed by atoms with E-state index in [-0.39, 0.29) is 18.6 Å². The third-order valence-electron chi connectivity index (χ3n) is 4.43. The molecule has 0 aliphatic carbocycles. The molecule has 0 aromatic heterocycles. The highest BCUT2D eigenvalue weighted by atomic mass is 16.5. The molecule has 0 radical (unpaired) electrons. The van der Waals surface area contributed by atoms with Crippen LogP contribution < -0.4 is 5.32 Å². The molecule has 0 spiro atoms. The Bertz CT molecular complexity index is 653. The minimum atomic E-state index is -1.16. The number of carbonyl (C=O) groups is 1. The molecule has 1 aliphatic heterocycles. The number of nitrogens with one attached hydrogen (secondary N) is 1. The summed E-state index contributed by atoms with van der Waals surface area (Å²) < 4.78 is 5.41. The smallest absolute Gasteiger partial charge is 0.249 e. The van der Waals surface area contributed by atoms with Crippen LogP contribution in [0.15, 0.2) is 60.7 Å². The van der Waals surface area contributed by atoms with Gasteiger partial charge < -0.3 is 15.2 Å². The van der Waals surface area contributed by atoms with Gasteiger partial charge in [0.1, 0.15) is 11.7 Å². The fraction of sp³-hybridized carbons (Fsp3) is 0.350. The third-order valence-corrected chi connectivity index (χ3v) is 4.43. The number of hydrogen-bond donors (Lipinski definition) is 2. The summed E-state index contributed by atoms with van der Waals surface area (Å²) in [5, 5.41) is 14.1. The van der Waals surface area contributed by atoms with Crippen LogP contribution in [0.5, 0.6) is 0 Å². The second kappa shape index (κ2) is 7.60. The summed E-state index contributed by atoms with van der Waals surface area (Å²) in [5.74, 6) is -0.144. The Morgan fingerprint density at radius 3 is 2.42 bits per heavy atom. The molecule has 3 rings (SSSR count). The number of hydrogen-bond acceptors (Lipinski definition) is 3. The Hall–Kier alpha value is -2.17. The van der Waals surface area contributed by atoms with Gasteiger partial charge in [-0.25, -0.2) is 0 Å². The predicted molar refractivity (Wildman–Crippen MR) is 92.5 cm³/mol. The number of benzene rings is 2. The molecule has 2 aromatic carbocycles. The highest BCUT2D eigenvalue weighted by Gasteiger charge is 2.32.